The van der Waals surface area contributed by atoms with Crippen LogP contribution in [0.2, 0.25) is 0 Å². The van der Waals surface area contributed by atoms with E-state index in [-0.39, 0.29) is 30.7 Å². The lowest BCUT2D eigenvalue weighted by molar-refractivity contribution is 0.0742. The molecule has 1 saturated heterocycles. The first-order valence-corrected chi connectivity index (χ1v) is 9.92. The van der Waals surface area contributed by atoms with Crippen molar-refractivity contribution in [3.63, 3.8) is 0 Å². The first kappa shape index (κ1) is 22.4. The second-order valence-electron chi connectivity index (χ2n) is 5.80. The Kier molecular flexibility index (Phi) is 8.91. The van der Waals surface area contributed by atoms with Gasteiger partial charge in [-0.2, -0.15) is 0 Å². The van der Waals surface area contributed by atoms with Crippen LogP contribution in [0.4, 0.5) is 5.13 Å². The molecule has 0 saturated carbocycles. The van der Waals surface area contributed by atoms with Crippen LogP contribution in [0.15, 0.2) is 6.07 Å². The van der Waals surface area contributed by atoms with Gasteiger partial charge in [0.2, 0.25) is 0 Å². The summed E-state index contributed by atoms with van der Waals surface area (Å²) in [6, 6.07) is 2.36. The Bertz CT molecular complexity index is 655. The predicted octanol–water partition coefficient (Wildman–Crippen LogP) is 3.87. The normalized spacial score (nSPS) is 16.6. The van der Waals surface area contributed by atoms with E-state index in [0.29, 0.717) is 6.04 Å². The number of thiazole rings is 1. The van der Waals surface area contributed by atoms with Crippen LogP contribution in [0.25, 0.3) is 9.53 Å². The number of nitrogens with zero attached hydrogens (tertiary/aromatic N) is 3. The summed E-state index contributed by atoms with van der Waals surface area (Å²) in [5.41, 5.74) is 0. The second kappa shape index (κ2) is 9.92. The number of nitrogens with one attached hydrogen (secondary N) is 1. The van der Waals surface area contributed by atoms with Crippen LogP contribution in [-0.2, 0) is 0 Å². The molecular formula is C16H26Cl2N4OS2. The molecular weight excluding hydrogens is 399 g/mol. The van der Waals surface area contributed by atoms with Crippen molar-refractivity contribution >= 4 is 68.1 Å². The van der Waals surface area contributed by atoms with Gasteiger partial charge in [-0.05, 0) is 39.8 Å². The van der Waals surface area contributed by atoms with E-state index < -0.39 is 0 Å². The fourth-order valence-corrected chi connectivity index (χ4v) is 5.45. The SMILES string of the molecule is CCN(CC)c1nc2sc(C(=O)N3CCCC3CNC)cc2s1.Cl.Cl. The van der Waals surface area contributed by atoms with Gasteiger partial charge in [0, 0.05) is 32.2 Å². The summed E-state index contributed by atoms with van der Waals surface area (Å²) in [6.45, 7) is 7.95. The Hall–Kier alpha value is -0.600. The first-order chi connectivity index (χ1) is 11.2. The van der Waals surface area contributed by atoms with E-state index in [4.69, 9.17) is 4.98 Å². The minimum atomic E-state index is 0. The van der Waals surface area contributed by atoms with E-state index in [1.807, 2.05) is 18.0 Å². The zero-order valence-electron chi connectivity index (χ0n) is 14.8. The largest absolute Gasteiger partial charge is 0.349 e. The molecule has 0 bridgehead atoms. The third-order valence-electron chi connectivity index (χ3n) is 4.40. The lowest BCUT2D eigenvalue weighted by Gasteiger charge is -2.23. The van der Waals surface area contributed by atoms with Crippen molar-refractivity contribution in [2.24, 2.45) is 0 Å². The highest BCUT2D eigenvalue weighted by atomic mass is 35.5. The minimum absolute atomic E-state index is 0. The van der Waals surface area contributed by atoms with Crippen molar-refractivity contribution < 1.29 is 4.79 Å². The van der Waals surface area contributed by atoms with Gasteiger partial charge in [0.1, 0.15) is 4.83 Å². The summed E-state index contributed by atoms with van der Waals surface area (Å²) in [4.78, 5) is 23.6. The fourth-order valence-electron chi connectivity index (χ4n) is 3.15. The Morgan fingerprint density at radius 2 is 2.08 bits per heavy atom. The van der Waals surface area contributed by atoms with Crippen LogP contribution >= 0.6 is 47.5 Å². The zero-order chi connectivity index (χ0) is 16.4. The average molecular weight is 425 g/mol. The monoisotopic (exact) mass is 424 g/mol. The zero-order valence-corrected chi connectivity index (χ0v) is 18.0. The summed E-state index contributed by atoms with van der Waals surface area (Å²) in [7, 11) is 1.95. The number of carbonyl (C=O) groups is 1. The van der Waals surface area contributed by atoms with Gasteiger partial charge in [0.25, 0.3) is 5.91 Å². The van der Waals surface area contributed by atoms with Gasteiger partial charge in [-0.25, -0.2) is 4.98 Å². The number of thiophene rings is 1. The summed E-state index contributed by atoms with van der Waals surface area (Å²) < 4.78 is 1.13. The maximum absolute atomic E-state index is 12.8. The number of likely N-dealkylation sites (N-methyl/N-ethyl adjacent to an activating group) is 1. The smallest absolute Gasteiger partial charge is 0.264 e. The second-order valence-corrected chi connectivity index (χ2v) is 7.84. The van der Waals surface area contributed by atoms with E-state index in [1.165, 1.54) is 11.3 Å². The van der Waals surface area contributed by atoms with Crippen LogP contribution < -0.4 is 10.2 Å². The molecule has 1 atom stereocenters. The Morgan fingerprint density at radius 3 is 2.68 bits per heavy atom. The number of hydrogen-bond donors (Lipinski definition) is 1. The third-order valence-corrected chi connectivity index (χ3v) is 6.61. The number of carbonyl (C=O) groups excluding carboxylic acids is 1. The van der Waals surface area contributed by atoms with Gasteiger partial charge in [-0.3, -0.25) is 4.79 Å². The highest BCUT2D eigenvalue weighted by Crippen LogP contribution is 2.35. The molecule has 0 aromatic carbocycles. The van der Waals surface area contributed by atoms with Crippen molar-refractivity contribution in [2.45, 2.75) is 32.7 Å². The highest BCUT2D eigenvalue weighted by molar-refractivity contribution is 7.29. The van der Waals surface area contributed by atoms with E-state index in [2.05, 4.69) is 24.1 Å². The molecule has 0 spiro atoms. The van der Waals surface area contributed by atoms with Gasteiger partial charge in [0.15, 0.2) is 5.13 Å². The summed E-state index contributed by atoms with van der Waals surface area (Å²) in [5.74, 6) is 0.169. The fraction of sp³-hybridized carbons (Fsp3) is 0.625. The minimum Gasteiger partial charge on any atom is -0.349 e. The molecule has 3 rings (SSSR count). The standard InChI is InChI=1S/C16H24N4OS2.2ClH/c1-4-19(5-2)16-18-14-12(23-16)9-13(22-14)15(21)20-8-6-7-11(20)10-17-3;;/h9,11,17H,4-8,10H2,1-3H3;2*1H. The van der Waals surface area contributed by atoms with Crippen LogP contribution in [0.5, 0.6) is 0 Å². The predicted molar refractivity (Wildman–Crippen MR) is 114 cm³/mol. The Labute approximate surface area is 169 Å². The van der Waals surface area contributed by atoms with E-state index >= 15 is 0 Å². The lowest BCUT2D eigenvalue weighted by atomic mass is 10.2. The molecule has 1 N–H and O–H groups in total. The third kappa shape index (κ3) is 4.57. The number of hydrogen-bond acceptors (Lipinski definition) is 6. The van der Waals surface area contributed by atoms with Crippen molar-refractivity contribution in [3.8, 4) is 0 Å². The first-order valence-electron chi connectivity index (χ1n) is 8.28. The number of anilines is 1. The average Bonchev–Trinajstić information content (AvgIpc) is 3.22. The molecule has 2 aromatic rings. The molecule has 1 amide bonds. The lowest BCUT2D eigenvalue weighted by Crippen LogP contribution is -2.40. The molecule has 9 heteroatoms. The molecule has 0 radical (unpaired) electrons. The number of halogens is 2. The Morgan fingerprint density at radius 1 is 1.36 bits per heavy atom. The number of rotatable bonds is 6. The molecule has 1 fully saturated rings. The Balaban J connectivity index is 0.00000156. The molecule has 25 heavy (non-hydrogen) atoms. The van der Waals surface area contributed by atoms with Crippen molar-refractivity contribution in [1.29, 1.82) is 0 Å². The van der Waals surface area contributed by atoms with Crippen molar-refractivity contribution in [2.75, 3.05) is 38.1 Å². The number of aromatic nitrogens is 1. The topological polar surface area (TPSA) is 48.5 Å². The van der Waals surface area contributed by atoms with Gasteiger partial charge in [-0.15, -0.1) is 36.2 Å². The molecule has 0 aliphatic carbocycles. The van der Waals surface area contributed by atoms with E-state index in [1.54, 1.807) is 11.3 Å². The molecule has 142 valence electrons. The van der Waals surface area contributed by atoms with Crippen LogP contribution in [0.1, 0.15) is 36.4 Å². The van der Waals surface area contributed by atoms with Crippen LogP contribution in [-0.4, -0.2) is 55.1 Å². The van der Waals surface area contributed by atoms with Crippen LogP contribution in [0, 0.1) is 0 Å². The summed E-state index contributed by atoms with van der Waals surface area (Å²) in [6.07, 6.45) is 2.19. The van der Waals surface area contributed by atoms with Gasteiger partial charge in [-0.1, -0.05) is 11.3 Å². The van der Waals surface area contributed by atoms with Crippen molar-refractivity contribution in [3.05, 3.63) is 10.9 Å². The maximum atomic E-state index is 12.8. The molecule has 5 nitrogen and oxygen atoms in total. The number of likely N-dealkylation sites (tertiary alicyclic amines) is 1. The molecule has 1 aliphatic rings. The van der Waals surface area contributed by atoms with Gasteiger partial charge < -0.3 is 15.1 Å². The summed E-state index contributed by atoms with van der Waals surface area (Å²) in [5, 5.41) is 4.25. The van der Waals surface area contributed by atoms with Gasteiger partial charge in [0.05, 0.1) is 9.58 Å². The van der Waals surface area contributed by atoms with Gasteiger partial charge >= 0.3 is 0 Å². The highest BCUT2D eigenvalue weighted by Gasteiger charge is 2.30. The summed E-state index contributed by atoms with van der Waals surface area (Å²) >= 11 is 3.22. The molecule has 1 unspecified atom stereocenters. The number of fused-ring (bicyclic) bond motifs is 1. The van der Waals surface area contributed by atoms with Crippen molar-refractivity contribution in [1.82, 2.24) is 15.2 Å². The molecule has 1 aliphatic heterocycles. The van der Waals surface area contributed by atoms with E-state index in [0.717, 1.165) is 58.6 Å². The van der Waals surface area contributed by atoms with Crippen LogP contribution in [0.3, 0.4) is 0 Å². The maximum Gasteiger partial charge on any atom is 0.264 e. The van der Waals surface area contributed by atoms with E-state index in [9.17, 15) is 4.79 Å². The molecule has 3 heterocycles. The quantitative estimate of drug-likeness (QED) is 0.764. The molecule has 2 aromatic heterocycles. The number of amides is 1.